The maximum absolute atomic E-state index is 5.88. The molecular formula is C15H12Cl2S. The van der Waals surface area contributed by atoms with E-state index in [4.69, 9.17) is 23.2 Å². The lowest BCUT2D eigenvalue weighted by molar-refractivity contribution is 1.38. The summed E-state index contributed by atoms with van der Waals surface area (Å²) in [5, 5.41) is 0.759. The van der Waals surface area contributed by atoms with Crippen molar-refractivity contribution in [3.8, 4) is 0 Å². The molecule has 0 N–H and O–H groups in total. The van der Waals surface area contributed by atoms with Crippen LogP contribution in [0.1, 0.15) is 5.56 Å². The average molecular weight is 295 g/mol. The predicted octanol–water partition coefficient (Wildman–Crippen LogP) is 5.74. The second kappa shape index (κ2) is 6.89. The number of hydrogen-bond acceptors (Lipinski definition) is 1. The molecule has 92 valence electrons. The van der Waals surface area contributed by atoms with Crippen molar-refractivity contribution in [1.82, 2.24) is 0 Å². The lowest BCUT2D eigenvalue weighted by Gasteiger charge is -2.05. The molecule has 0 amide bonds. The Morgan fingerprint density at radius 3 is 2.44 bits per heavy atom. The lowest BCUT2D eigenvalue weighted by Crippen LogP contribution is -1.79. The van der Waals surface area contributed by atoms with Crippen LogP contribution < -0.4 is 0 Å². The third kappa shape index (κ3) is 3.81. The van der Waals surface area contributed by atoms with Crippen LogP contribution in [0.3, 0.4) is 0 Å². The molecule has 2 aromatic rings. The zero-order valence-electron chi connectivity index (χ0n) is 9.64. The van der Waals surface area contributed by atoms with Crippen molar-refractivity contribution in [2.24, 2.45) is 0 Å². The Hall–Kier alpha value is -0.890. The highest BCUT2D eigenvalue weighted by Crippen LogP contribution is 2.31. The summed E-state index contributed by atoms with van der Waals surface area (Å²) in [6.07, 6.45) is 3.99. The van der Waals surface area contributed by atoms with Gasteiger partial charge >= 0.3 is 0 Å². The van der Waals surface area contributed by atoms with Gasteiger partial charge in [0.15, 0.2) is 0 Å². The Morgan fingerprint density at radius 2 is 1.72 bits per heavy atom. The van der Waals surface area contributed by atoms with Crippen LogP contribution in [0.25, 0.3) is 6.08 Å². The van der Waals surface area contributed by atoms with Crippen molar-refractivity contribution < 1.29 is 0 Å². The van der Waals surface area contributed by atoms with Crippen molar-refractivity contribution in [2.75, 3.05) is 5.88 Å². The van der Waals surface area contributed by atoms with Crippen molar-refractivity contribution in [3.05, 3.63) is 65.2 Å². The fourth-order valence-electron chi connectivity index (χ4n) is 1.51. The molecule has 0 aliphatic carbocycles. The standard InChI is InChI=1S/C15H12Cl2S/c16-11-3-5-12-4-1-2-6-15(12)18-14-9-7-13(17)8-10-14/h1-10H,11H2. The van der Waals surface area contributed by atoms with Gasteiger partial charge in [-0.1, -0.05) is 53.7 Å². The van der Waals surface area contributed by atoms with Crippen LogP contribution in [-0.2, 0) is 0 Å². The van der Waals surface area contributed by atoms with Gasteiger partial charge in [-0.25, -0.2) is 0 Å². The van der Waals surface area contributed by atoms with Gasteiger partial charge in [-0.15, -0.1) is 11.6 Å². The Morgan fingerprint density at radius 1 is 1.00 bits per heavy atom. The molecule has 0 radical (unpaired) electrons. The molecule has 0 spiro atoms. The highest BCUT2D eigenvalue weighted by molar-refractivity contribution is 7.99. The molecule has 0 saturated heterocycles. The maximum Gasteiger partial charge on any atom is 0.0407 e. The first kappa shape index (κ1) is 13.5. The SMILES string of the molecule is ClCC=Cc1ccccc1Sc1ccc(Cl)cc1. The number of alkyl halides is 1. The van der Waals surface area contributed by atoms with E-state index in [1.54, 1.807) is 11.8 Å². The third-order valence-corrected chi connectivity index (χ3v) is 3.88. The number of allylic oxidation sites excluding steroid dienone is 1. The molecule has 0 aromatic heterocycles. The molecule has 0 heterocycles. The fraction of sp³-hybridized carbons (Fsp3) is 0.0667. The zero-order valence-corrected chi connectivity index (χ0v) is 12.0. The van der Waals surface area contributed by atoms with E-state index in [9.17, 15) is 0 Å². The number of rotatable bonds is 4. The zero-order chi connectivity index (χ0) is 12.8. The summed E-state index contributed by atoms with van der Waals surface area (Å²) < 4.78 is 0. The summed E-state index contributed by atoms with van der Waals surface area (Å²) in [5.74, 6) is 0.528. The topological polar surface area (TPSA) is 0 Å². The summed E-state index contributed by atoms with van der Waals surface area (Å²) in [6.45, 7) is 0. The van der Waals surface area contributed by atoms with Crippen LogP contribution in [0.15, 0.2) is 64.4 Å². The first-order valence-corrected chi connectivity index (χ1v) is 7.27. The van der Waals surface area contributed by atoms with Gasteiger partial charge in [-0.3, -0.25) is 0 Å². The summed E-state index contributed by atoms with van der Waals surface area (Å²) in [7, 11) is 0. The molecule has 0 aliphatic rings. The molecule has 0 bridgehead atoms. The van der Waals surface area contributed by atoms with Gasteiger partial charge in [-0.2, -0.15) is 0 Å². The minimum atomic E-state index is 0.528. The molecule has 2 rings (SSSR count). The van der Waals surface area contributed by atoms with E-state index in [1.165, 1.54) is 15.4 Å². The Labute approximate surface area is 122 Å². The molecule has 2 aromatic carbocycles. The van der Waals surface area contributed by atoms with E-state index in [-0.39, 0.29) is 0 Å². The van der Waals surface area contributed by atoms with Crippen LogP contribution >= 0.6 is 35.0 Å². The highest BCUT2D eigenvalue weighted by Gasteiger charge is 2.01. The van der Waals surface area contributed by atoms with E-state index in [2.05, 4.69) is 12.1 Å². The average Bonchev–Trinajstić information content (AvgIpc) is 2.40. The minimum absolute atomic E-state index is 0.528. The molecule has 0 nitrogen and oxygen atoms in total. The van der Waals surface area contributed by atoms with Gasteiger partial charge in [-0.05, 0) is 35.9 Å². The first-order valence-electron chi connectivity index (χ1n) is 5.54. The lowest BCUT2D eigenvalue weighted by atomic mass is 10.2. The largest absolute Gasteiger partial charge is 0.122 e. The van der Waals surface area contributed by atoms with Crippen LogP contribution in [0.4, 0.5) is 0 Å². The molecule has 0 aliphatic heterocycles. The highest BCUT2D eigenvalue weighted by atomic mass is 35.5. The van der Waals surface area contributed by atoms with Crippen LogP contribution in [0.2, 0.25) is 5.02 Å². The normalized spacial score (nSPS) is 11.0. The number of benzene rings is 2. The summed E-state index contributed by atoms with van der Waals surface area (Å²) in [4.78, 5) is 2.38. The molecule has 0 fully saturated rings. The van der Waals surface area contributed by atoms with E-state index < -0.39 is 0 Å². The molecule has 0 saturated carbocycles. The van der Waals surface area contributed by atoms with Crippen molar-refractivity contribution in [2.45, 2.75) is 9.79 Å². The van der Waals surface area contributed by atoms with E-state index >= 15 is 0 Å². The summed E-state index contributed by atoms with van der Waals surface area (Å²) in [6, 6.07) is 16.1. The van der Waals surface area contributed by atoms with Gasteiger partial charge in [0.2, 0.25) is 0 Å². The van der Waals surface area contributed by atoms with Gasteiger partial charge in [0.25, 0.3) is 0 Å². The van der Waals surface area contributed by atoms with Gasteiger partial charge in [0.1, 0.15) is 0 Å². The maximum atomic E-state index is 5.88. The molecule has 0 unspecified atom stereocenters. The van der Waals surface area contributed by atoms with Crippen LogP contribution in [0.5, 0.6) is 0 Å². The van der Waals surface area contributed by atoms with Gasteiger partial charge in [0, 0.05) is 20.7 Å². The van der Waals surface area contributed by atoms with E-state index in [0.717, 1.165) is 5.02 Å². The van der Waals surface area contributed by atoms with Crippen molar-refractivity contribution in [3.63, 3.8) is 0 Å². The quantitative estimate of drug-likeness (QED) is 0.648. The van der Waals surface area contributed by atoms with E-state index in [1.807, 2.05) is 48.6 Å². The van der Waals surface area contributed by atoms with Gasteiger partial charge < -0.3 is 0 Å². The first-order chi connectivity index (χ1) is 8.79. The Balaban J connectivity index is 2.23. The molecule has 0 atom stereocenters. The minimum Gasteiger partial charge on any atom is -0.122 e. The predicted molar refractivity (Wildman–Crippen MR) is 81.8 cm³/mol. The van der Waals surface area contributed by atoms with Crippen LogP contribution in [-0.4, -0.2) is 5.88 Å². The molecule has 3 heteroatoms. The summed E-state index contributed by atoms with van der Waals surface area (Å²) >= 11 is 13.3. The number of hydrogen-bond donors (Lipinski definition) is 0. The second-order valence-corrected chi connectivity index (χ2v) is 5.51. The molecule has 18 heavy (non-hydrogen) atoms. The van der Waals surface area contributed by atoms with Crippen molar-refractivity contribution >= 4 is 41.0 Å². The third-order valence-electron chi connectivity index (χ3n) is 2.35. The Kier molecular flexibility index (Phi) is 5.18. The summed E-state index contributed by atoms with van der Waals surface area (Å²) in [5.41, 5.74) is 1.18. The second-order valence-electron chi connectivity index (χ2n) is 3.65. The van der Waals surface area contributed by atoms with E-state index in [0.29, 0.717) is 5.88 Å². The number of halogens is 2. The fourth-order valence-corrected chi connectivity index (χ4v) is 2.65. The van der Waals surface area contributed by atoms with Crippen molar-refractivity contribution in [1.29, 1.82) is 0 Å². The Bertz CT molecular complexity index is 532. The molecular weight excluding hydrogens is 283 g/mol. The van der Waals surface area contributed by atoms with Gasteiger partial charge in [0.05, 0.1) is 0 Å². The monoisotopic (exact) mass is 294 g/mol. The smallest absolute Gasteiger partial charge is 0.0407 e. The van der Waals surface area contributed by atoms with Crippen LogP contribution in [0, 0.1) is 0 Å².